The third-order valence-electron chi connectivity index (χ3n) is 3.92. The van der Waals surface area contributed by atoms with Crippen LogP contribution in [0.5, 0.6) is 0 Å². The first-order valence-corrected chi connectivity index (χ1v) is 8.43. The molecule has 4 N–H and O–H groups in total. The zero-order chi connectivity index (χ0) is 18.9. The van der Waals surface area contributed by atoms with E-state index >= 15 is 0 Å². The fourth-order valence-corrected chi connectivity index (χ4v) is 2.45. The van der Waals surface area contributed by atoms with E-state index in [4.69, 9.17) is 11.1 Å². The molecule has 0 bridgehead atoms. The van der Waals surface area contributed by atoms with Crippen molar-refractivity contribution in [1.82, 2.24) is 5.32 Å². The molecule has 0 aliphatic carbocycles. The Bertz CT molecular complexity index is 765. The third-order valence-corrected chi connectivity index (χ3v) is 3.92. The van der Waals surface area contributed by atoms with Gasteiger partial charge in [-0.25, -0.2) is 8.78 Å². The van der Waals surface area contributed by atoms with E-state index in [2.05, 4.69) is 10.6 Å². The Labute approximate surface area is 201 Å². The van der Waals surface area contributed by atoms with Crippen molar-refractivity contribution in [2.45, 2.75) is 12.8 Å². The van der Waals surface area contributed by atoms with Gasteiger partial charge < -0.3 is 21.8 Å². The maximum Gasteiger partial charge on any atom is 1.00 e. The SMILES string of the molecule is C1CCNC1.C[N-]c1cc(C(=N)/C=C/c2ccc(F)cc2)c(N)cc1F.[K+]. The second-order valence-electron chi connectivity index (χ2n) is 5.87. The second kappa shape index (κ2) is 12.4. The van der Waals surface area contributed by atoms with Crippen molar-refractivity contribution in [2.75, 3.05) is 25.9 Å². The number of anilines is 1. The number of nitrogens with zero attached hydrogens (tertiary/aromatic N) is 1. The van der Waals surface area contributed by atoms with Crippen LogP contribution < -0.4 is 62.4 Å². The zero-order valence-electron chi connectivity index (χ0n) is 15.7. The van der Waals surface area contributed by atoms with Crippen molar-refractivity contribution in [1.29, 1.82) is 5.41 Å². The van der Waals surface area contributed by atoms with Gasteiger partial charge in [-0.05, 0) is 55.8 Å². The van der Waals surface area contributed by atoms with Crippen LogP contribution in [0.25, 0.3) is 11.4 Å². The van der Waals surface area contributed by atoms with Gasteiger partial charge in [-0.1, -0.05) is 24.3 Å². The minimum absolute atomic E-state index is 0. The summed E-state index contributed by atoms with van der Waals surface area (Å²) >= 11 is 0. The van der Waals surface area contributed by atoms with Crippen LogP contribution in [0.4, 0.5) is 20.2 Å². The van der Waals surface area contributed by atoms with Crippen LogP contribution >= 0.6 is 0 Å². The van der Waals surface area contributed by atoms with E-state index in [9.17, 15) is 8.78 Å². The Hall–Kier alpha value is -1.09. The number of nitrogens with two attached hydrogens (primary N) is 1. The van der Waals surface area contributed by atoms with Gasteiger partial charge in [0.15, 0.2) is 0 Å². The average Bonchev–Trinajstić information content (AvgIpc) is 3.21. The molecule has 0 spiro atoms. The molecule has 0 amide bonds. The van der Waals surface area contributed by atoms with Crippen molar-refractivity contribution in [2.24, 2.45) is 0 Å². The van der Waals surface area contributed by atoms with Crippen LogP contribution in [0.1, 0.15) is 24.0 Å². The maximum atomic E-state index is 13.5. The van der Waals surface area contributed by atoms with Gasteiger partial charge in [0.25, 0.3) is 0 Å². The molecule has 1 heterocycles. The number of allylic oxidation sites excluding steroid dienone is 1. The Morgan fingerprint density at radius 3 is 2.30 bits per heavy atom. The van der Waals surface area contributed by atoms with Crippen LogP contribution in [0.2, 0.25) is 0 Å². The molecular weight excluding hydrogens is 373 g/mol. The summed E-state index contributed by atoms with van der Waals surface area (Å²) in [6, 6.07) is 8.45. The predicted octanol–water partition coefficient (Wildman–Crippen LogP) is 1.64. The summed E-state index contributed by atoms with van der Waals surface area (Å²) in [6.07, 6.45) is 5.96. The third kappa shape index (κ3) is 7.81. The van der Waals surface area contributed by atoms with E-state index in [0.717, 1.165) is 11.6 Å². The van der Waals surface area contributed by atoms with Gasteiger partial charge in [-0.15, -0.1) is 12.7 Å². The summed E-state index contributed by atoms with van der Waals surface area (Å²) in [7, 11) is 1.47. The van der Waals surface area contributed by atoms with Crippen LogP contribution in [0.15, 0.2) is 42.5 Å². The summed E-state index contributed by atoms with van der Waals surface area (Å²) in [5.74, 6) is -0.840. The molecule has 3 rings (SSSR count). The second-order valence-corrected chi connectivity index (χ2v) is 5.87. The smallest absolute Gasteiger partial charge is 0.685 e. The minimum Gasteiger partial charge on any atom is -0.685 e. The maximum absolute atomic E-state index is 13.5. The van der Waals surface area contributed by atoms with Gasteiger partial charge in [-0.3, -0.25) is 0 Å². The molecule has 1 aliphatic rings. The van der Waals surface area contributed by atoms with E-state index in [1.807, 2.05) is 0 Å². The molecule has 1 fully saturated rings. The van der Waals surface area contributed by atoms with Gasteiger partial charge >= 0.3 is 51.4 Å². The summed E-state index contributed by atoms with van der Waals surface area (Å²) in [5, 5.41) is 15.0. The number of hydrogen-bond donors (Lipinski definition) is 3. The van der Waals surface area contributed by atoms with Crippen LogP contribution in [0, 0.1) is 17.0 Å². The summed E-state index contributed by atoms with van der Waals surface area (Å²) < 4.78 is 26.3. The Morgan fingerprint density at radius 2 is 1.78 bits per heavy atom. The predicted molar refractivity (Wildman–Crippen MR) is 104 cm³/mol. The van der Waals surface area contributed by atoms with Gasteiger partial charge in [-0.2, -0.15) is 0 Å². The van der Waals surface area contributed by atoms with Crippen molar-refractivity contribution < 1.29 is 60.2 Å². The molecule has 0 radical (unpaired) electrons. The molecule has 1 saturated heterocycles. The molecule has 4 nitrogen and oxygen atoms in total. The van der Waals surface area contributed by atoms with E-state index in [1.165, 1.54) is 57.3 Å². The Morgan fingerprint density at radius 1 is 1.15 bits per heavy atom. The number of nitrogen functional groups attached to an aromatic ring is 1. The van der Waals surface area contributed by atoms with Crippen LogP contribution in [-0.4, -0.2) is 25.8 Å². The molecule has 7 heteroatoms. The number of nitrogens with one attached hydrogen (secondary N) is 2. The molecule has 27 heavy (non-hydrogen) atoms. The monoisotopic (exact) mass is 396 g/mol. The molecule has 0 unspecified atom stereocenters. The van der Waals surface area contributed by atoms with Crippen LogP contribution in [0.3, 0.4) is 0 Å². The van der Waals surface area contributed by atoms with Gasteiger partial charge in [0.1, 0.15) is 11.6 Å². The molecular formula is C20H23F2KN4. The number of rotatable bonds is 4. The standard InChI is InChI=1S/C16H14F2N3.C4H9N.K/c1-21-16-8-12(15(20)9-13(16)18)14(19)7-4-10-2-5-11(17)6-3-10;1-2-4-5-3-1;/h2-9,19H,20H2,1H3;5H,1-4H2;/q-1;;+1/b7-4+,19-14?;;. The minimum atomic E-state index is -0.519. The Balaban J connectivity index is 0.000000526. The van der Waals surface area contributed by atoms with Crippen molar-refractivity contribution in [3.05, 3.63) is 70.6 Å². The van der Waals surface area contributed by atoms with Gasteiger partial charge in [0, 0.05) is 11.3 Å². The largest absolute Gasteiger partial charge is 1.00 e. The molecule has 0 saturated carbocycles. The average molecular weight is 397 g/mol. The first-order chi connectivity index (χ1) is 12.5. The summed E-state index contributed by atoms with van der Waals surface area (Å²) in [6.45, 7) is 2.50. The zero-order valence-corrected chi connectivity index (χ0v) is 18.9. The molecule has 0 atom stereocenters. The molecule has 1 aliphatic heterocycles. The normalized spacial score (nSPS) is 12.9. The first kappa shape index (κ1) is 23.9. The molecule has 0 aromatic heterocycles. The molecule has 138 valence electrons. The topological polar surface area (TPSA) is 76.0 Å². The van der Waals surface area contributed by atoms with Gasteiger partial charge in [0.2, 0.25) is 0 Å². The van der Waals surface area contributed by atoms with E-state index < -0.39 is 5.82 Å². The Kier molecular flexibility index (Phi) is 11.0. The van der Waals surface area contributed by atoms with Crippen molar-refractivity contribution in [3.63, 3.8) is 0 Å². The fourth-order valence-electron chi connectivity index (χ4n) is 2.45. The van der Waals surface area contributed by atoms with Crippen molar-refractivity contribution in [3.8, 4) is 0 Å². The number of benzene rings is 2. The van der Waals surface area contributed by atoms with E-state index in [1.54, 1.807) is 18.2 Å². The quantitative estimate of drug-likeness (QED) is 0.417. The fraction of sp³-hybridized carbons (Fsp3) is 0.250. The first-order valence-electron chi connectivity index (χ1n) is 8.43. The van der Waals surface area contributed by atoms with E-state index in [0.29, 0.717) is 5.56 Å². The van der Waals surface area contributed by atoms with Crippen molar-refractivity contribution >= 4 is 23.2 Å². The molecule has 2 aromatic rings. The van der Waals surface area contributed by atoms with Gasteiger partial charge in [0.05, 0.1) is 5.71 Å². The summed E-state index contributed by atoms with van der Waals surface area (Å²) in [5.41, 5.74) is 7.33. The molecule has 2 aromatic carbocycles. The summed E-state index contributed by atoms with van der Waals surface area (Å²) in [4.78, 5) is 0. The van der Waals surface area contributed by atoms with Crippen LogP contribution in [-0.2, 0) is 0 Å². The number of hydrogen-bond acceptors (Lipinski definition) is 3. The van der Waals surface area contributed by atoms with E-state index in [-0.39, 0.29) is 74.3 Å². The number of halogens is 2.